The van der Waals surface area contributed by atoms with E-state index in [-0.39, 0.29) is 6.61 Å². The highest BCUT2D eigenvalue weighted by Gasteiger charge is 2.22. The zero-order valence-corrected chi connectivity index (χ0v) is 14.8. The van der Waals surface area contributed by atoms with E-state index in [0.29, 0.717) is 33.2 Å². The van der Waals surface area contributed by atoms with E-state index in [1.54, 1.807) is 0 Å². The maximum Gasteiger partial charge on any atom is 0.346 e. The number of aromatic nitrogens is 2. The molecular weight excluding hydrogens is 348 g/mol. The molecule has 0 N–H and O–H groups in total. The van der Waals surface area contributed by atoms with E-state index in [1.165, 1.54) is 18.8 Å². The summed E-state index contributed by atoms with van der Waals surface area (Å²) in [5.74, 6) is -0.648. The van der Waals surface area contributed by atoms with Crippen molar-refractivity contribution in [3.05, 3.63) is 48.5 Å². The molecule has 0 unspecified atom stereocenters. The number of hydrogen-bond acceptors (Lipinski definition) is 6. The molecule has 0 fully saturated rings. The number of esters is 2. The summed E-state index contributed by atoms with van der Waals surface area (Å²) in [6.45, 7) is 1.04. The van der Waals surface area contributed by atoms with Crippen LogP contribution in [0.2, 0.25) is 0 Å². The second-order valence-electron chi connectivity index (χ2n) is 5.91. The maximum absolute atomic E-state index is 11.8. The largest absolute Gasteiger partial charge is 0.466 e. The van der Waals surface area contributed by atoms with Crippen molar-refractivity contribution in [2.45, 2.75) is 6.92 Å². The SMILES string of the molecule is COC(=O)COn1c2ccccc2c2nc3ccccc3c(OC(C)=O)c21. The predicted octanol–water partition coefficient (Wildman–Crippen LogP) is 2.87. The molecule has 4 rings (SSSR count). The molecular formula is C20H16N2O5. The van der Waals surface area contributed by atoms with Crippen LogP contribution in [0.1, 0.15) is 6.92 Å². The zero-order valence-electron chi connectivity index (χ0n) is 14.8. The molecule has 0 amide bonds. The molecule has 0 radical (unpaired) electrons. The van der Waals surface area contributed by atoms with Gasteiger partial charge in [0.1, 0.15) is 11.0 Å². The lowest BCUT2D eigenvalue weighted by Crippen LogP contribution is -2.21. The van der Waals surface area contributed by atoms with Crippen molar-refractivity contribution in [3.8, 4) is 5.75 Å². The predicted molar refractivity (Wildman–Crippen MR) is 99.5 cm³/mol. The van der Waals surface area contributed by atoms with Crippen molar-refractivity contribution in [1.29, 1.82) is 0 Å². The lowest BCUT2D eigenvalue weighted by Gasteiger charge is -2.12. The van der Waals surface area contributed by atoms with Gasteiger partial charge in [-0.25, -0.2) is 9.78 Å². The van der Waals surface area contributed by atoms with Gasteiger partial charge in [-0.1, -0.05) is 30.3 Å². The minimum absolute atomic E-state index is 0.295. The summed E-state index contributed by atoms with van der Waals surface area (Å²) in [6.07, 6.45) is 0. The number of methoxy groups -OCH3 is 1. The Morgan fingerprint density at radius 2 is 1.74 bits per heavy atom. The lowest BCUT2D eigenvalue weighted by atomic mass is 10.1. The minimum Gasteiger partial charge on any atom is -0.466 e. The van der Waals surface area contributed by atoms with Crippen LogP contribution in [0.4, 0.5) is 0 Å². The number of para-hydroxylation sites is 2. The highest BCUT2D eigenvalue weighted by molar-refractivity contribution is 6.13. The first kappa shape index (κ1) is 16.8. The second kappa shape index (κ2) is 6.60. The number of hydrogen-bond donors (Lipinski definition) is 0. The average molecular weight is 364 g/mol. The van der Waals surface area contributed by atoms with Crippen molar-refractivity contribution < 1.29 is 23.9 Å². The molecule has 0 spiro atoms. The molecule has 7 nitrogen and oxygen atoms in total. The topological polar surface area (TPSA) is 79.7 Å². The van der Waals surface area contributed by atoms with Crippen molar-refractivity contribution in [2.75, 3.05) is 13.7 Å². The van der Waals surface area contributed by atoms with E-state index < -0.39 is 11.9 Å². The summed E-state index contributed by atoms with van der Waals surface area (Å²) in [5, 5.41) is 1.49. The normalized spacial score (nSPS) is 11.0. The lowest BCUT2D eigenvalue weighted by molar-refractivity contribution is -0.145. The number of carbonyl (C=O) groups excluding carboxylic acids is 2. The molecule has 0 aliphatic heterocycles. The van der Waals surface area contributed by atoms with Gasteiger partial charge in [-0.05, 0) is 18.2 Å². The Hall–Kier alpha value is -3.61. The van der Waals surface area contributed by atoms with Gasteiger partial charge < -0.3 is 14.3 Å². The molecule has 0 aliphatic carbocycles. The number of rotatable bonds is 4. The fraction of sp³-hybridized carbons (Fsp3) is 0.150. The summed E-state index contributed by atoms with van der Waals surface area (Å²) in [7, 11) is 1.29. The molecule has 0 saturated carbocycles. The molecule has 0 atom stereocenters. The Kier molecular flexibility index (Phi) is 4.12. The van der Waals surface area contributed by atoms with Crippen molar-refractivity contribution >= 4 is 44.8 Å². The number of pyridine rings is 1. The molecule has 0 saturated heterocycles. The standard InChI is InChI=1S/C20H16N2O5/c1-12(23)27-20-13-7-3-5-9-15(13)21-18-14-8-4-6-10-16(14)22(19(18)20)26-11-17(24)25-2/h3-10H,11H2,1-2H3. The van der Waals surface area contributed by atoms with Gasteiger partial charge in [0.2, 0.25) is 6.61 Å². The van der Waals surface area contributed by atoms with Crippen LogP contribution in [-0.4, -0.2) is 35.4 Å². The van der Waals surface area contributed by atoms with Crippen molar-refractivity contribution in [1.82, 2.24) is 9.71 Å². The van der Waals surface area contributed by atoms with E-state index in [1.807, 2.05) is 48.5 Å². The van der Waals surface area contributed by atoms with Gasteiger partial charge in [0.15, 0.2) is 5.75 Å². The van der Waals surface area contributed by atoms with Crippen LogP contribution >= 0.6 is 0 Å². The van der Waals surface area contributed by atoms with E-state index in [0.717, 1.165) is 5.39 Å². The smallest absolute Gasteiger partial charge is 0.346 e. The fourth-order valence-corrected chi connectivity index (χ4v) is 3.08. The summed E-state index contributed by atoms with van der Waals surface area (Å²) in [4.78, 5) is 33.8. The number of benzene rings is 2. The highest BCUT2D eigenvalue weighted by Crippen LogP contribution is 2.38. The Bertz CT molecular complexity index is 1200. The number of nitrogens with zero attached hydrogens (tertiary/aromatic N) is 2. The van der Waals surface area contributed by atoms with E-state index >= 15 is 0 Å². The van der Waals surface area contributed by atoms with Crippen molar-refractivity contribution in [2.24, 2.45) is 0 Å². The van der Waals surface area contributed by atoms with Crippen LogP contribution in [0.5, 0.6) is 5.75 Å². The summed E-state index contributed by atoms with van der Waals surface area (Å²) in [6, 6.07) is 14.9. The van der Waals surface area contributed by atoms with Crippen molar-refractivity contribution in [3.63, 3.8) is 0 Å². The molecule has 136 valence electrons. The third-order valence-electron chi connectivity index (χ3n) is 4.19. The Balaban J connectivity index is 2.10. The van der Waals surface area contributed by atoms with Gasteiger partial charge in [0.25, 0.3) is 0 Å². The van der Waals surface area contributed by atoms with Gasteiger partial charge >= 0.3 is 11.9 Å². The molecule has 4 aromatic rings. The third kappa shape index (κ3) is 2.83. The molecule has 2 heterocycles. The molecule has 0 aliphatic rings. The van der Waals surface area contributed by atoms with E-state index in [2.05, 4.69) is 4.74 Å². The molecule has 0 bridgehead atoms. The Labute approximate surface area is 154 Å². The minimum atomic E-state index is -0.524. The van der Waals surface area contributed by atoms with Gasteiger partial charge in [0, 0.05) is 17.7 Å². The van der Waals surface area contributed by atoms with Crippen LogP contribution in [0, 0.1) is 0 Å². The van der Waals surface area contributed by atoms with Gasteiger partial charge in [-0.15, -0.1) is 0 Å². The van der Waals surface area contributed by atoms with Crippen LogP contribution < -0.4 is 9.57 Å². The Morgan fingerprint density at radius 3 is 2.48 bits per heavy atom. The van der Waals surface area contributed by atoms with Gasteiger partial charge in [0.05, 0.1) is 18.1 Å². The summed E-state index contributed by atoms with van der Waals surface area (Å²) in [5.41, 5.74) is 2.49. The maximum atomic E-state index is 11.8. The van der Waals surface area contributed by atoms with E-state index in [9.17, 15) is 9.59 Å². The van der Waals surface area contributed by atoms with Crippen LogP contribution in [0.25, 0.3) is 32.8 Å². The number of carbonyl (C=O) groups is 2. The first-order valence-corrected chi connectivity index (χ1v) is 8.30. The fourth-order valence-electron chi connectivity index (χ4n) is 3.08. The number of fused-ring (bicyclic) bond motifs is 4. The third-order valence-corrected chi connectivity index (χ3v) is 4.19. The number of ether oxygens (including phenoxy) is 2. The first-order chi connectivity index (χ1) is 13.1. The van der Waals surface area contributed by atoms with Gasteiger partial charge in [-0.2, -0.15) is 4.73 Å². The summed E-state index contributed by atoms with van der Waals surface area (Å²) < 4.78 is 11.7. The van der Waals surface area contributed by atoms with Crippen LogP contribution in [0.15, 0.2) is 48.5 Å². The molecule has 7 heteroatoms. The monoisotopic (exact) mass is 364 g/mol. The van der Waals surface area contributed by atoms with Gasteiger partial charge in [-0.3, -0.25) is 4.79 Å². The second-order valence-corrected chi connectivity index (χ2v) is 5.91. The quantitative estimate of drug-likeness (QED) is 0.518. The molecule has 2 aromatic heterocycles. The highest BCUT2D eigenvalue weighted by atomic mass is 16.7. The summed E-state index contributed by atoms with van der Waals surface area (Å²) >= 11 is 0. The molecule has 27 heavy (non-hydrogen) atoms. The van der Waals surface area contributed by atoms with Crippen LogP contribution in [-0.2, 0) is 14.3 Å². The average Bonchev–Trinajstić information content (AvgIpc) is 2.99. The van der Waals surface area contributed by atoms with Crippen LogP contribution in [0.3, 0.4) is 0 Å². The molecule has 2 aromatic carbocycles. The van der Waals surface area contributed by atoms with E-state index in [4.69, 9.17) is 14.6 Å². The Morgan fingerprint density at radius 1 is 1.04 bits per heavy atom. The first-order valence-electron chi connectivity index (χ1n) is 8.30. The zero-order chi connectivity index (χ0) is 19.0.